The first-order chi connectivity index (χ1) is 8.97. The average molecular weight is 393 g/mol. The van der Waals surface area contributed by atoms with Crippen molar-refractivity contribution < 1.29 is 4.74 Å². The lowest BCUT2D eigenvalue weighted by Gasteiger charge is -2.19. The van der Waals surface area contributed by atoms with Gasteiger partial charge in [-0.2, -0.15) is 0 Å². The second kappa shape index (κ2) is 8.28. The van der Waals surface area contributed by atoms with Crippen LogP contribution in [-0.2, 0) is 6.54 Å². The van der Waals surface area contributed by atoms with Gasteiger partial charge in [0.2, 0.25) is 0 Å². The first kappa shape index (κ1) is 17.0. The van der Waals surface area contributed by atoms with Crippen LogP contribution in [-0.4, -0.2) is 12.1 Å². The highest BCUT2D eigenvalue weighted by Gasteiger charge is 2.13. The third-order valence-electron chi connectivity index (χ3n) is 2.97. The van der Waals surface area contributed by atoms with Crippen molar-refractivity contribution in [3.8, 4) is 5.75 Å². The molecule has 4 heteroatoms. The van der Waals surface area contributed by atoms with Crippen LogP contribution in [0, 0.1) is 0 Å². The minimum Gasteiger partial charge on any atom is -0.488 e. The molecule has 0 bridgehead atoms. The van der Waals surface area contributed by atoms with Crippen LogP contribution in [0.25, 0.3) is 0 Å². The van der Waals surface area contributed by atoms with Crippen molar-refractivity contribution in [3.05, 3.63) is 26.6 Å². The fourth-order valence-corrected chi connectivity index (χ4v) is 3.24. The molecule has 1 aromatic carbocycles. The maximum absolute atomic E-state index is 6.04. The largest absolute Gasteiger partial charge is 0.488 e. The van der Waals surface area contributed by atoms with Gasteiger partial charge in [0.15, 0.2) is 0 Å². The van der Waals surface area contributed by atoms with E-state index in [1.807, 2.05) is 0 Å². The molecule has 0 heterocycles. The van der Waals surface area contributed by atoms with Gasteiger partial charge in [-0.1, -0.05) is 27.7 Å². The van der Waals surface area contributed by atoms with Gasteiger partial charge >= 0.3 is 0 Å². The topological polar surface area (TPSA) is 21.3 Å². The Bertz CT molecular complexity index is 380. The predicted molar refractivity (Wildman–Crippen MR) is 88.8 cm³/mol. The third-order valence-corrected chi connectivity index (χ3v) is 4.15. The summed E-state index contributed by atoms with van der Waals surface area (Å²) in [6.07, 6.45) is 2.31. The van der Waals surface area contributed by atoms with Crippen molar-refractivity contribution in [2.75, 3.05) is 0 Å². The molecule has 0 fully saturated rings. The summed E-state index contributed by atoms with van der Waals surface area (Å²) in [5.74, 6) is 0.905. The molecule has 1 rings (SSSR count). The molecule has 0 aliphatic rings. The van der Waals surface area contributed by atoms with Crippen LogP contribution in [0.2, 0.25) is 0 Å². The van der Waals surface area contributed by atoms with E-state index in [9.17, 15) is 0 Å². The molecule has 0 aliphatic carbocycles. The minimum absolute atomic E-state index is 0.271. The van der Waals surface area contributed by atoms with Gasteiger partial charge in [-0.25, -0.2) is 0 Å². The first-order valence-corrected chi connectivity index (χ1v) is 8.44. The third kappa shape index (κ3) is 5.44. The van der Waals surface area contributed by atoms with Gasteiger partial charge in [0.05, 0.1) is 15.0 Å². The van der Waals surface area contributed by atoms with Crippen LogP contribution in [0.3, 0.4) is 0 Å². The van der Waals surface area contributed by atoms with E-state index in [1.165, 1.54) is 5.56 Å². The van der Waals surface area contributed by atoms with E-state index >= 15 is 0 Å². The lowest BCUT2D eigenvalue weighted by molar-refractivity contribution is 0.190. The highest BCUT2D eigenvalue weighted by Crippen LogP contribution is 2.36. The Morgan fingerprint density at radius 3 is 2.05 bits per heavy atom. The van der Waals surface area contributed by atoms with Gasteiger partial charge in [0.1, 0.15) is 5.75 Å². The van der Waals surface area contributed by atoms with Crippen LogP contribution < -0.4 is 10.1 Å². The van der Waals surface area contributed by atoms with E-state index < -0.39 is 0 Å². The van der Waals surface area contributed by atoms with E-state index in [-0.39, 0.29) is 6.10 Å². The predicted octanol–water partition coefficient (Wildman–Crippen LogP) is 5.28. The van der Waals surface area contributed by atoms with Crippen LogP contribution in [0.4, 0.5) is 0 Å². The summed E-state index contributed by atoms with van der Waals surface area (Å²) in [5.41, 5.74) is 1.24. The molecule has 0 aliphatic heterocycles. The molecule has 0 unspecified atom stereocenters. The van der Waals surface area contributed by atoms with Crippen molar-refractivity contribution >= 4 is 31.9 Å². The van der Waals surface area contributed by atoms with Gasteiger partial charge in [-0.15, -0.1) is 0 Å². The highest BCUT2D eigenvalue weighted by atomic mass is 79.9. The highest BCUT2D eigenvalue weighted by molar-refractivity contribution is 9.11. The molecule has 0 atom stereocenters. The summed E-state index contributed by atoms with van der Waals surface area (Å²) in [7, 11) is 0. The lowest BCUT2D eigenvalue weighted by atomic mass is 10.2. The van der Waals surface area contributed by atoms with Crippen molar-refractivity contribution in [3.63, 3.8) is 0 Å². The maximum Gasteiger partial charge on any atom is 0.148 e. The second-order valence-electron chi connectivity index (χ2n) is 4.98. The first-order valence-electron chi connectivity index (χ1n) is 6.85. The van der Waals surface area contributed by atoms with Gasteiger partial charge in [0, 0.05) is 12.6 Å². The summed E-state index contributed by atoms with van der Waals surface area (Å²) in [6, 6.07) is 4.73. The van der Waals surface area contributed by atoms with Crippen molar-refractivity contribution in [1.29, 1.82) is 0 Å². The Labute approximate surface area is 133 Å². The molecule has 19 heavy (non-hydrogen) atoms. The second-order valence-corrected chi connectivity index (χ2v) is 6.69. The number of benzene rings is 1. The fourth-order valence-electron chi connectivity index (χ4n) is 1.77. The smallest absolute Gasteiger partial charge is 0.148 e. The molecule has 0 saturated heterocycles. The van der Waals surface area contributed by atoms with Crippen molar-refractivity contribution in [1.82, 2.24) is 5.32 Å². The summed E-state index contributed by atoms with van der Waals surface area (Å²) >= 11 is 7.22. The molecule has 2 nitrogen and oxygen atoms in total. The monoisotopic (exact) mass is 391 g/mol. The van der Waals surface area contributed by atoms with E-state index in [4.69, 9.17) is 4.74 Å². The number of ether oxygens (including phenoxy) is 1. The molecule has 0 spiro atoms. The Balaban J connectivity index is 2.84. The summed E-state index contributed by atoms with van der Waals surface area (Å²) in [4.78, 5) is 0. The molecule has 0 amide bonds. The molecule has 0 aromatic heterocycles. The number of nitrogens with one attached hydrogen (secondary N) is 1. The zero-order chi connectivity index (χ0) is 14.4. The number of hydrogen-bond donors (Lipinski definition) is 1. The SMILES string of the molecule is CCC(CC)Oc1c(Br)cc(CNC(C)C)cc1Br. The molecule has 0 saturated carbocycles. The Morgan fingerprint density at radius 1 is 1.11 bits per heavy atom. The van der Waals surface area contributed by atoms with E-state index in [0.717, 1.165) is 34.1 Å². The van der Waals surface area contributed by atoms with Crippen LogP contribution in [0.15, 0.2) is 21.1 Å². The van der Waals surface area contributed by atoms with E-state index in [1.54, 1.807) is 0 Å². The Kier molecular flexibility index (Phi) is 7.40. The van der Waals surface area contributed by atoms with E-state index in [0.29, 0.717) is 6.04 Å². The Morgan fingerprint density at radius 2 is 1.63 bits per heavy atom. The summed E-state index contributed by atoms with van der Waals surface area (Å²) in [5, 5.41) is 3.42. The number of rotatable bonds is 7. The zero-order valence-corrected chi connectivity index (χ0v) is 15.3. The Hall–Kier alpha value is -0.0600. The summed E-state index contributed by atoms with van der Waals surface area (Å²) in [6.45, 7) is 9.46. The number of halogens is 2. The molecule has 108 valence electrons. The fraction of sp³-hybridized carbons (Fsp3) is 0.600. The van der Waals surface area contributed by atoms with Gasteiger partial charge in [-0.3, -0.25) is 0 Å². The molecule has 1 N–H and O–H groups in total. The van der Waals surface area contributed by atoms with Gasteiger partial charge < -0.3 is 10.1 Å². The minimum atomic E-state index is 0.271. The molecule has 1 aromatic rings. The van der Waals surface area contributed by atoms with Crippen LogP contribution >= 0.6 is 31.9 Å². The van der Waals surface area contributed by atoms with E-state index in [2.05, 4.69) is 77.0 Å². The maximum atomic E-state index is 6.04. The average Bonchev–Trinajstić information content (AvgIpc) is 2.36. The van der Waals surface area contributed by atoms with Gasteiger partial charge in [0.25, 0.3) is 0 Å². The molecule has 0 radical (unpaired) electrons. The van der Waals surface area contributed by atoms with Crippen molar-refractivity contribution in [2.24, 2.45) is 0 Å². The zero-order valence-electron chi connectivity index (χ0n) is 12.1. The number of hydrogen-bond acceptors (Lipinski definition) is 2. The standard InChI is InChI=1S/C15H23Br2NO/c1-5-12(6-2)19-15-13(16)7-11(8-14(15)17)9-18-10(3)4/h7-8,10,12,18H,5-6,9H2,1-4H3. The quantitative estimate of drug-likeness (QED) is 0.681. The van der Waals surface area contributed by atoms with Gasteiger partial charge in [-0.05, 0) is 62.4 Å². The van der Waals surface area contributed by atoms with Crippen LogP contribution in [0.1, 0.15) is 46.1 Å². The molecular formula is C15H23Br2NO. The lowest BCUT2D eigenvalue weighted by Crippen LogP contribution is -2.22. The normalized spacial score (nSPS) is 11.4. The van der Waals surface area contributed by atoms with Crippen LogP contribution in [0.5, 0.6) is 5.75 Å². The summed E-state index contributed by atoms with van der Waals surface area (Å²) < 4.78 is 8.06. The van der Waals surface area contributed by atoms with Crippen molar-refractivity contribution in [2.45, 2.75) is 59.2 Å². The molecular weight excluding hydrogens is 370 g/mol.